The number of dihydropyridines is 1. The van der Waals surface area contributed by atoms with Crippen LogP contribution in [0.3, 0.4) is 0 Å². The van der Waals surface area contributed by atoms with E-state index in [9.17, 15) is 9.59 Å². The predicted octanol–water partition coefficient (Wildman–Crippen LogP) is 5.06. The third-order valence-electron chi connectivity index (χ3n) is 5.59. The number of anilines is 1. The number of halogens is 1. The first kappa shape index (κ1) is 20.4. The summed E-state index contributed by atoms with van der Waals surface area (Å²) < 4.78 is 6.25. The van der Waals surface area contributed by atoms with Crippen LogP contribution in [0.15, 0.2) is 75.5 Å². The number of nitrogens with one attached hydrogen (secondary N) is 2. The number of hydrogen-bond donors (Lipinski definition) is 2. The lowest BCUT2D eigenvalue weighted by Crippen LogP contribution is -2.35. The molecule has 0 aromatic heterocycles. The SMILES string of the molecule is COc1ccccc1NC(=O)C1=C(C)NC2=C(C(=O)CCC2)[C@@H]1c1ccccc1Br. The van der Waals surface area contributed by atoms with E-state index in [1.165, 1.54) is 0 Å². The molecule has 2 aromatic rings. The van der Waals surface area contributed by atoms with Gasteiger partial charge >= 0.3 is 0 Å². The number of ketones is 1. The molecule has 154 valence electrons. The van der Waals surface area contributed by atoms with Crippen molar-refractivity contribution in [3.05, 3.63) is 81.1 Å². The van der Waals surface area contributed by atoms with Crippen LogP contribution in [0.25, 0.3) is 0 Å². The lowest BCUT2D eigenvalue weighted by molar-refractivity contribution is -0.116. The topological polar surface area (TPSA) is 67.4 Å². The zero-order valence-electron chi connectivity index (χ0n) is 16.9. The fourth-order valence-electron chi connectivity index (χ4n) is 4.24. The summed E-state index contributed by atoms with van der Waals surface area (Å²) in [5.41, 5.74) is 4.43. The first-order chi connectivity index (χ1) is 14.5. The van der Waals surface area contributed by atoms with E-state index in [4.69, 9.17) is 4.74 Å². The van der Waals surface area contributed by atoms with E-state index < -0.39 is 5.92 Å². The van der Waals surface area contributed by atoms with Crippen molar-refractivity contribution in [2.45, 2.75) is 32.1 Å². The molecule has 0 spiro atoms. The molecule has 4 rings (SSSR count). The van der Waals surface area contributed by atoms with Gasteiger partial charge in [0.05, 0.1) is 12.8 Å². The molecular formula is C24H23BrN2O3. The Balaban J connectivity index is 1.81. The smallest absolute Gasteiger partial charge is 0.254 e. The summed E-state index contributed by atoms with van der Waals surface area (Å²) >= 11 is 3.63. The summed E-state index contributed by atoms with van der Waals surface area (Å²) in [6.07, 6.45) is 2.13. The average molecular weight is 467 g/mol. The number of benzene rings is 2. The second-order valence-electron chi connectivity index (χ2n) is 7.44. The molecule has 0 saturated heterocycles. The number of amides is 1. The molecule has 1 heterocycles. The fourth-order valence-corrected chi connectivity index (χ4v) is 4.76. The van der Waals surface area contributed by atoms with Crippen LogP contribution >= 0.6 is 15.9 Å². The minimum atomic E-state index is -0.431. The molecule has 1 aliphatic carbocycles. The zero-order valence-corrected chi connectivity index (χ0v) is 18.5. The molecule has 5 nitrogen and oxygen atoms in total. The van der Waals surface area contributed by atoms with Crippen LogP contribution < -0.4 is 15.4 Å². The number of hydrogen-bond acceptors (Lipinski definition) is 4. The van der Waals surface area contributed by atoms with E-state index in [1.807, 2.05) is 43.3 Å². The van der Waals surface area contributed by atoms with Gasteiger partial charge in [0, 0.05) is 39.4 Å². The quantitative estimate of drug-likeness (QED) is 0.660. The van der Waals surface area contributed by atoms with Crippen LogP contribution in [-0.4, -0.2) is 18.8 Å². The highest BCUT2D eigenvalue weighted by molar-refractivity contribution is 9.10. The van der Waals surface area contributed by atoms with Gasteiger partial charge in [0.15, 0.2) is 5.78 Å². The highest BCUT2D eigenvalue weighted by Gasteiger charge is 2.39. The molecule has 2 aliphatic rings. The molecule has 1 aliphatic heterocycles. The first-order valence-corrected chi connectivity index (χ1v) is 10.7. The van der Waals surface area contributed by atoms with Crippen molar-refractivity contribution in [1.29, 1.82) is 0 Å². The van der Waals surface area contributed by atoms with Crippen LogP contribution in [0.2, 0.25) is 0 Å². The number of carbonyl (C=O) groups excluding carboxylic acids is 2. The van der Waals surface area contributed by atoms with E-state index in [1.54, 1.807) is 19.2 Å². The van der Waals surface area contributed by atoms with E-state index in [-0.39, 0.29) is 11.7 Å². The Hall–Kier alpha value is -2.86. The Morgan fingerprint density at radius 2 is 1.87 bits per heavy atom. The average Bonchev–Trinajstić information content (AvgIpc) is 2.73. The van der Waals surface area contributed by atoms with Crippen LogP contribution in [0, 0.1) is 0 Å². The van der Waals surface area contributed by atoms with E-state index in [0.717, 1.165) is 34.3 Å². The lowest BCUT2D eigenvalue weighted by Gasteiger charge is -2.35. The minimum absolute atomic E-state index is 0.0968. The maximum atomic E-state index is 13.5. The van der Waals surface area contributed by atoms with Crippen molar-refractivity contribution in [3.8, 4) is 5.75 Å². The summed E-state index contributed by atoms with van der Waals surface area (Å²) in [5, 5.41) is 6.32. The van der Waals surface area contributed by atoms with Crippen molar-refractivity contribution in [2.24, 2.45) is 0 Å². The Morgan fingerprint density at radius 1 is 1.13 bits per heavy atom. The van der Waals surface area contributed by atoms with Crippen molar-refractivity contribution in [1.82, 2.24) is 5.32 Å². The fraction of sp³-hybridized carbons (Fsp3) is 0.250. The van der Waals surface area contributed by atoms with Crippen LogP contribution in [0.5, 0.6) is 5.75 Å². The highest BCUT2D eigenvalue weighted by atomic mass is 79.9. The van der Waals surface area contributed by atoms with Gasteiger partial charge in [-0.15, -0.1) is 0 Å². The third-order valence-corrected chi connectivity index (χ3v) is 6.31. The van der Waals surface area contributed by atoms with Crippen molar-refractivity contribution < 1.29 is 14.3 Å². The molecule has 1 atom stereocenters. The lowest BCUT2D eigenvalue weighted by atomic mass is 9.75. The van der Waals surface area contributed by atoms with Gasteiger partial charge in [-0.1, -0.05) is 46.3 Å². The summed E-state index contributed by atoms with van der Waals surface area (Å²) in [4.78, 5) is 26.5. The maximum absolute atomic E-state index is 13.5. The normalized spacial score (nSPS) is 18.6. The van der Waals surface area contributed by atoms with Gasteiger partial charge < -0.3 is 15.4 Å². The molecule has 6 heteroatoms. The largest absolute Gasteiger partial charge is 0.495 e. The van der Waals surface area contributed by atoms with Crippen molar-refractivity contribution in [2.75, 3.05) is 12.4 Å². The highest BCUT2D eigenvalue weighted by Crippen LogP contribution is 2.44. The number of rotatable bonds is 4. The first-order valence-electron chi connectivity index (χ1n) is 9.94. The second-order valence-corrected chi connectivity index (χ2v) is 8.30. The van der Waals surface area contributed by atoms with Gasteiger partial charge in [0.25, 0.3) is 5.91 Å². The predicted molar refractivity (Wildman–Crippen MR) is 120 cm³/mol. The second kappa shape index (κ2) is 8.48. The van der Waals surface area contributed by atoms with Crippen molar-refractivity contribution in [3.63, 3.8) is 0 Å². The number of carbonyl (C=O) groups is 2. The van der Waals surface area contributed by atoms with Gasteiger partial charge in [-0.05, 0) is 43.5 Å². The maximum Gasteiger partial charge on any atom is 0.254 e. The number of para-hydroxylation sites is 2. The molecule has 2 aromatic carbocycles. The molecule has 0 bridgehead atoms. The summed E-state index contributed by atoms with van der Waals surface area (Å²) in [7, 11) is 1.57. The van der Waals surface area contributed by atoms with Crippen LogP contribution in [0.1, 0.15) is 37.7 Å². The number of allylic oxidation sites excluding steroid dienone is 3. The van der Waals surface area contributed by atoms with Gasteiger partial charge in [0.1, 0.15) is 5.75 Å². The van der Waals surface area contributed by atoms with Crippen LogP contribution in [-0.2, 0) is 9.59 Å². The molecule has 0 unspecified atom stereocenters. The molecule has 1 amide bonds. The zero-order chi connectivity index (χ0) is 21.3. The molecule has 0 fully saturated rings. The van der Waals surface area contributed by atoms with Gasteiger partial charge in [-0.2, -0.15) is 0 Å². The Labute approximate surface area is 184 Å². The summed E-state index contributed by atoms with van der Waals surface area (Å²) in [6.45, 7) is 1.89. The Kier molecular flexibility index (Phi) is 5.77. The molecule has 30 heavy (non-hydrogen) atoms. The monoisotopic (exact) mass is 466 g/mol. The standard InChI is InChI=1S/C24H23BrN2O3/c1-14-21(24(29)27-17-10-5-6-13-20(17)30-2)22(15-8-3-4-9-16(15)25)23-18(26-14)11-7-12-19(23)28/h3-6,8-10,13,22,26H,7,11-12H2,1-2H3,(H,27,29)/t22-/m1/s1. The molecule has 2 N–H and O–H groups in total. The van der Waals surface area contributed by atoms with Crippen molar-refractivity contribution >= 4 is 33.3 Å². The third kappa shape index (κ3) is 3.67. The van der Waals surface area contributed by atoms with E-state index >= 15 is 0 Å². The Bertz CT molecular complexity index is 1090. The van der Waals surface area contributed by atoms with Crippen LogP contribution in [0.4, 0.5) is 5.69 Å². The number of Topliss-reactive ketones (excluding diaryl/α,β-unsaturated/α-hetero) is 1. The number of ether oxygens (including phenoxy) is 1. The van der Waals surface area contributed by atoms with Gasteiger partial charge in [-0.3, -0.25) is 9.59 Å². The number of methoxy groups -OCH3 is 1. The molecule has 0 saturated carbocycles. The van der Waals surface area contributed by atoms with E-state index in [0.29, 0.717) is 29.0 Å². The van der Waals surface area contributed by atoms with Gasteiger partial charge in [0.2, 0.25) is 0 Å². The molecular weight excluding hydrogens is 444 g/mol. The summed E-state index contributed by atoms with van der Waals surface area (Å²) in [6, 6.07) is 15.1. The minimum Gasteiger partial charge on any atom is -0.495 e. The van der Waals surface area contributed by atoms with E-state index in [2.05, 4.69) is 26.6 Å². The Morgan fingerprint density at radius 3 is 2.63 bits per heavy atom. The molecule has 0 radical (unpaired) electrons. The van der Waals surface area contributed by atoms with Gasteiger partial charge in [-0.25, -0.2) is 0 Å². The summed E-state index contributed by atoms with van der Waals surface area (Å²) in [5.74, 6) is -0.00642.